The molecular weight excluding hydrogens is 444 g/mol. The maximum Gasteiger partial charge on any atom is 0.165 e. The second kappa shape index (κ2) is 9.55. The van der Waals surface area contributed by atoms with Crippen molar-refractivity contribution >= 4 is 10.9 Å². The number of H-pyrrole nitrogens is 1. The fourth-order valence-corrected chi connectivity index (χ4v) is 5.67. The van der Waals surface area contributed by atoms with E-state index < -0.39 is 5.67 Å². The third kappa shape index (κ3) is 4.96. The fraction of sp³-hybridized carbons (Fsp3) is 0.517. The molecule has 0 radical (unpaired) electrons. The Hall–Kier alpha value is -2.44. The number of para-hydroxylation sites is 1. The third-order valence-corrected chi connectivity index (χ3v) is 7.39. The van der Waals surface area contributed by atoms with Gasteiger partial charge in [-0.25, -0.2) is 8.78 Å². The lowest BCUT2D eigenvalue weighted by Crippen LogP contribution is -2.53. The van der Waals surface area contributed by atoms with Crippen molar-refractivity contribution < 1.29 is 13.5 Å². The van der Waals surface area contributed by atoms with Crippen molar-refractivity contribution in [2.24, 2.45) is 0 Å². The maximum absolute atomic E-state index is 15.3. The summed E-state index contributed by atoms with van der Waals surface area (Å²) in [5.41, 5.74) is 2.79. The number of fused-ring (bicyclic) bond motifs is 3. The van der Waals surface area contributed by atoms with Crippen LogP contribution in [-0.4, -0.2) is 58.8 Å². The Morgan fingerprint density at radius 1 is 1.14 bits per heavy atom. The minimum Gasteiger partial charge on any atom is -0.485 e. The maximum atomic E-state index is 15.3. The molecule has 2 atom stereocenters. The number of rotatable bonds is 8. The molecule has 1 fully saturated rings. The van der Waals surface area contributed by atoms with E-state index in [-0.39, 0.29) is 30.5 Å². The van der Waals surface area contributed by atoms with Gasteiger partial charge in [0.05, 0.1) is 6.04 Å². The Bertz CT molecular complexity index is 1180. The van der Waals surface area contributed by atoms with Crippen LogP contribution in [-0.2, 0) is 6.42 Å². The van der Waals surface area contributed by atoms with E-state index in [1.165, 1.54) is 23.8 Å². The second-order valence-corrected chi connectivity index (χ2v) is 11.0. The number of hydrogen-bond acceptors (Lipinski definition) is 3. The number of nitrogens with one attached hydrogen (secondary N) is 1. The molecule has 4 nitrogen and oxygen atoms in total. The second-order valence-electron chi connectivity index (χ2n) is 11.0. The predicted octanol–water partition coefficient (Wildman–Crippen LogP) is 6.25. The number of benzene rings is 2. The van der Waals surface area contributed by atoms with Crippen LogP contribution in [0.3, 0.4) is 0 Å². The molecule has 35 heavy (non-hydrogen) atoms. The Morgan fingerprint density at radius 3 is 2.63 bits per heavy atom. The lowest BCUT2D eigenvalue weighted by Gasteiger charge is -2.43. The van der Waals surface area contributed by atoms with Crippen molar-refractivity contribution in [3.8, 4) is 5.75 Å². The first kappa shape index (κ1) is 24.3. The van der Waals surface area contributed by atoms with Gasteiger partial charge in [-0.1, -0.05) is 37.6 Å². The summed E-state index contributed by atoms with van der Waals surface area (Å²) in [5, 5.41) is 1.19. The molecule has 3 aromatic rings. The molecule has 0 bridgehead atoms. The molecule has 0 spiro atoms. The van der Waals surface area contributed by atoms with Crippen LogP contribution in [0.1, 0.15) is 63.4 Å². The largest absolute Gasteiger partial charge is 0.485 e. The third-order valence-electron chi connectivity index (χ3n) is 7.39. The van der Waals surface area contributed by atoms with Crippen molar-refractivity contribution in [3.05, 3.63) is 65.1 Å². The number of ether oxygens (including phenoxy) is 1. The zero-order chi connectivity index (χ0) is 24.7. The molecule has 2 aromatic carbocycles. The SMILES string of the molecule is CCCCN1CC(Oc2ccc([C@@H]3c4[nH]c5ccccc5c4C[C@@H](C)N3CC(C)(C)F)cc2F)C1. The van der Waals surface area contributed by atoms with Gasteiger partial charge in [0.15, 0.2) is 11.6 Å². The summed E-state index contributed by atoms with van der Waals surface area (Å²) < 4.78 is 36.2. The van der Waals surface area contributed by atoms with Gasteiger partial charge in [0.2, 0.25) is 0 Å². The van der Waals surface area contributed by atoms with Crippen LogP contribution >= 0.6 is 0 Å². The smallest absolute Gasteiger partial charge is 0.165 e. The number of unbranched alkanes of at least 4 members (excludes halogenated alkanes) is 1. The van der Waals surface area contributed by atoms with E-state index >= 15 is 4.39 Å². The molecule has 5 rings (SSSR count). The lowest BCUT2D eigenvalue weighted by atomic mass is 9.87. The molecule has 0 unspecified atom stereocenters. The van der Waals surface area contributed by atoms with E-state index in [1.54, 1.807) is 26.0 Å². The van der Waals surface area contributed by atoms with Crippen molar-refractivity contribution in [2.45, 2.75) is 70.8 Å². The number of likely N-dealkylation sites (tertiary alicyclic amines) is 1. The van der Waals surface area contributed by atoms with E-state index in [4.69, 9.17) is 4.74 Å². The summed E-state index contributed by atoms with van der Waals surface area (Å²) in [6.45, 7) is 10.6. The zero-order valence-corrected chi connectivity index (χ0v) is 21.3. The molecule has 0 amide bonds. The molecular formula is C29H37F2N3O. The molecule has 3 heterocycles. The number of alkyl halides is 1. The average Bonchev–Trinajstić information content (AvgIpc) is 3.13. The van der Waals surface area contributed by atoms with Gasteiger partial charge in [0.1, 0.15) is 11.8 Å². The molecule has 1 N–H and O–H groups in total. The number of aromatic amines is 1. The quantitative estimate of drug-likeness (QED) is 0.412. The summed E-state index contributed by atoms with van der Waals surface area (Å²) in [6, 6.07) is 13.4. The summed E-state index contributed by atoms with van der Waals surface area (Å²) in [6.07, 6.45) is 3.21. The molecule has 1 saturated heterocycles. The standard InChI is InChI=1S/C29H37F2N3O/c1-5-6-13-33-16-21(17-33)35-26-12-11-20(15-24(26)30)28-27-23(22-9-7-8-10-25(22)32-27)14-19(2)34(28)18-29(3,4)31/h7-12,15,19,21,28,32H,5-6,13-14,16-18H2,1-4H3/t19-,28-/m1/s1. The van der Waals surface area contributed by atoms with Crippen molar-refractivity contribution in [1.82, 2.24) is 14.8 Å². The molecule has 1 aromatic heterocycles. The summed E-state index contributed by atoms with van der Waals surface area (Å²) in [5.74, 6) is -0.0585. The minimum atomic E-state index is -1.37. The molecule has 188 valence electrons. The summed E-state index contributed by atoms with van der Waals surface area (Å²) in [4.78, 5) is 8.10. The van der Waals surface area contributed by atoms with Gasteiger partial charge in [-0.05, 0) is 69.5 Å². The van der Waals surface area contributed by atoms with Gasteiger partial charge in [0.25, 0.3) is 0 Å². The van der Waals surface area contributed by atoms with Crippen LogP contribution < -0.4 is 4.74 Å². The van der Waals surface area contributed by atoms with Crippen LogP contribution in [0.2, 0.25) is 0 Å². The molecule has 0 saturated carbocycles. The van der Waals surface area contributed by atoms with Crippen LogP contribution in [0, 0.1) is 5.82 Å². The Kier molecular flexibility index (Phi) is 6.62. The highest BCUT2D eigenvalue weighted by Crippen LogP contribution is 2.42. The van der Waals surface area contributed by atoms with Crippen molar-refractivity contribution in [2.75, 3.05) is 26.2 Å². The van der Waals surface area contributed by atoms with E-state index in [0.29, 0.717) is 5.75 Å². The summed E-state index contributed by atoms with van der Waals surface area (Å²) in [7, 11) is 0. The molecule has 2 aliphatic heterocycles. The van der Waals surface area contributed by atoms with Gasteiger partial charge in [-0.3, -0.25) is 9.80 Å². The van der Waals surface area contributed by atoms with Gasteiger partial charge in [-0.2, -0.15) is 0 Å². The highest BCUT2D eigenvalue weighted by atomic mass is 19.1. The highest BCUT2D eigenvalue weighted by Gasteiger charge is 2.39. The Balaban J connectivity index is 1.45. The van der Waals surface area contributed by atoms with E-state index in [9.17, 15) is 4.39 Å². The van der Waals surface area contributed by atoms with Gasteiger partial charge < -0.3 is 9.72 Å². The fourth-order valence-electron chi connectivity index (χ4n) is 5.67. The van der Waals surface area contributed by atoms with Crippen LogP contribution in [0.15, 0.2) is 42.5 Å². The normalized spacial score (nSPS) is 21.8. The van der Waals surface area contributed by atoms with Crippen molar-refractivity contribution in [3.63, 3.8) is 0 Å². The van der Waals surface area contributed by atoms with Gasteiger partial charge in [-0.15, -0.1) is 0 Å². The number of aromatic nitrogens is 1. The van der Waals surface area contributed by atoms with Gasteiger partial charge in [0, 0.05) is 42.3 Å². The molecule has 6 heteroatoms. The first-order chi connectivity index (χ1) is 16.7. The number of nitrogens with zero attached hydrogens (tertiary/aromatic N) is 2. The first-order valence-corrected chi connectivity index (χ1v) is 13.0. The molecule has 2 aliphatic rings. The van der Waals surface area contributed by atoms with E-state index in [0.717, 1.165) is 42.8 Å². The lowest BCUT2D eigenvalue weighted by molar-refractivity contribution is 0.0169. The number of halogens is 2. The Labute approximate surface area is 207 Å². The zero-order valence-electron chi connectivity index (χ0n) is 21.3. The van der Waals surface area contributed by atoms with E-state index in [1.807, 2.05) is 18.2 Å². The topological polar surface area (TPSA) is 31.5 Å². The first-order valence-electron chi connectivity index (χ1n) is 13.0. The minimum absolute atomic E-state index is 0.0334. The van der Waals surface area contributed by atoms with Crippen LogP contribution in [0.4, 0.5) is 8.78 Å². The Morgan fingerprint density at radius 2 is 1.91 bits per heavy atom. The predicted molar refractivity (Wildman–Crippen MR) is 137 cm³/mol. The van der Waals surface area contributed by atoms with E-state index in [2.05, 4.69) is 40.8 Å². The number of hydrogen-bond donors (Lipinski definition) is 1. The summed E-state index contributed by atoms with van der Waals surface area (Å²) >= 11 is 0. The van der Waals surface area contributed by atoms with Gasteiger partial charge >= 0.3 is 0 Å². The average molecular weight is 482 g/mol. The van der Waals surface area contributed by atoms with Crippen LogP contribution in [0.5, 0.6) is 5.75 Å². The highest BCUT2D eigenvalue weighted by molar-refractivity contribution is 5.85. The molecule has 0 aliphatic carbocycles. The monoisotopic (exact) mass is 481 g/mol. The van der Waals surface area contributed by atoms with Crippen LogP contribution in [0.25, 0.3) is 10.9 Å². The van der Waals surface area contributed by atoms with Crippen molar-refractivity contribution in [1.29, 1.82) is 0 Å².